The summed E-state index contributed by atoms with van der Waals surface area (Å²) in [5.41, 5.74) is 1.63. The van der Waals surface area contributed by atoms with Crippen molar-refractivity contribution in [3.8, 4) is 0 Å². The lowest BCUT2D eigenvalue weighted by atomic mass is 10.1. The second-order valence-corrected chi connectivity index (χ2v) is 5.82. The molecule has 0 radical (unpaired) electrons. The van der Waals surface area contributed by atoms with Gasteiger partial charge in [0.25, 0.3) is 0 Å². The molecule has 0 aliphatic rings. The van der Waals surface area contributed by atoms with Crippen LogP contribution in [0.2, 0.25) is 0 Å². The van der Waals surface area contributed by atoms with Gasteiger partial charge in [-0.2, -0.15) is 0 Å². The summed E-state index contributed by atoms with van der Waals surface area (Å²) in [6.45, 7) is 9.56. The number of ether oxygens (including phenoxy) is 1. The van der Waals surface area contributed by atoms with E-state index < -0.39 is 0 Å². The van der Waals surface area contributed by atoms with E-state index in [0.29, 0.717) is 12.1 Å². The van der Waals surface area contributed by atoms with Crippen LogP contribution >= 0.6 is 0 Å². The molecule has 0 saturated heterocycles. The first-order valence-corrected chi connectivity index (χ1v) is 8.93. The van der Waals surface area contributed by atoms with E-state index in [4.69, 9.17) is 9.15 Å². The molecule has 0 amide bonds. The van der Waals surface area contributed by atoms with Gasteiger partial charge in [0.15, 0.2) is 5.96 Å². The summed E-state index contributed by atoms with van der Waals surface area (Å²) in [5.74, 6) is 1.26. The number of benzene rings is 1. The number of guanidine groups is 1. The van der Waals surface area contributed by atoms with Crippen LogP contribution in [-0.4, -0.2) is 32.3 Å². The van der Waals surface area contributed by atoms with Crippen LogP contribution in [-0.2, 0) is 11.3 Å². The van der Waals surface area contributed by atoms with Gasteiger partial charge in [-0.1, -0.05) is 0 Å². The molecule has 0 saturated carbocycles. The lowest BCUT2D eigenvalue weighted by Crippen LogP contribution is -2.37. The van der Waals surface area contributed by atoms with Gasteiger partial charge in [0, 0.05) is 37.3 Å². The number of halogens is 1. The summed E-state index contributed by atoms with van der Waals surface area (Å²) in [5, 5.41) is 7.34. The van der Waals surface area contributed by atoms with Gasteiger partial charge < -0.3 is 19.8 Å². The Balaban J connectivity index is 1.95. The molecular weight excluding hydrogens is 321 g/mol. The molecule has 0 spiro atoms. The molecule has 0 aliphatic heterocycles. The Morgan fingerprint density at radius 2 is 2.08 bits per heavy atom. The van der Waals surface area contributed by atoms with E-state index >= 15 is 0 Å². The molecule has 0 atom stereocenters. The molecular formula is C19H28FN3O2. The fourth-order valence-electron chi connectivity index (χ4n) is 2.57. The maximum absolute atomic E-state index is 13.4. The first-order chi connectivity index (χ1) is 12.2. The Kier molecular flexibility index (Phi) is 7.73. The van der Waals surface area contributed by atoms with Crippen LogP contribution < -0.4 is 10.6 Å². The van der Waals surface area contributed by atoms with Gasteiger partial charge in [-0.15, -0.1) is 0 Å². The topological polar surface area (TPSA) is 58.8 Å². The van der Waals surface area contributed by atoms with Gasteiger partial charge in [-0.05, 0) is 51.8 Å². The van der Waals surface area contributed by atoms with Crippen LogP contribution in [0.1, 0.15) is 38.0 Å². The summed E-state index contributed by atoms with van der Waals surface area (Å²) >= 11 is 0. The Morgan fingerprint density at radius 3 is 2.84 bits per heavy atom. The molecule has 5 nitrogen and oxygen atoms in total. The standard InChI is InChI=1S/C19H28FN3O2/c1-4-21-19(22-10-6-7-11-24-5-2)23-13-18-14(3)16-12-15(20)8-9-17(16)25-18/h8-9,12H,4-7,10-11,13H2,1-3H3,(H2,21,22,23). The first kappa shape index (κ1) is 19.2. The number of hydrogen-bond donors (Lipinski definition) is 2. The highest BCUT2D eigenvalue weighted by molar-refractivity contribution is 5.82. The molecule has 0 unspecified atom stereocenters. The van der Waals surface area contributed by atoms with Crippen LogP contribution in [0, 0.1) is 12.7 Å². The van der Waals surface area contributed by atoms with Crippen LogP contribution in [0.5, 0.6) is 0 Å². The minimum Gasteiger partial charge on any atom is -0.459 e. The number of hydrogen-bond acceptors (Lipinski definition) is 3. The summed E-state index contributed by atoms with van der Waals surface area (Å²) in [6.07, 6.45) is 2.04. The SMILES string of the molecule is CCNC(=NCc1oc2ccc(F)cc2c1C)NCCCCOCC. The van der Waals surface area contributed by atoms with E-state index in [1.165, 1.54) is 12.1 Å². The van der Waals surface area contributed by atoms with Crippen molar-refractivity contribution in [2.75, 3.05) is 26.3 Å². The molecule has 25 heavy (non-hydrogen) atoms. The van der Waals surface area contributed by atoms with Crippen molar-refractivity contribution in [1.29, 1.82) is 0 Å². The Morgan fingerprint density at radius 1 is 1.24 bits per heavy atom. The van der Waals surface area contributed by atoms with Crippen molar-refractivity contribution in [1.82, 2.24) is 10.6 Å². The maximum atomic E-state index is 13.4. The smallest absolute Gasteiger partial charge is 0.191 e. The molecule has 0 bridgehead atoms. The predicted molar refractivity (Wildman–Crippen MR) is 99.5 cm³/mol. The third-order valence-corrected chi connectivity index (χ3v) is 3.93. The molecule has 0 aliphatic carbocycles. The van der Waals surface area contributed by atoms with Crippen LogP contribution in [0.15, 0.2) is 27.6 Å². The third kappa shape index (κ3) is 5.74. The zero-order valence-electron chi connectivity index (χ0n) is 15.3. The van der Waals surface area contributed by atoms with Crippen molar-refractivity contribution in [3.05, 3.63) is 35.3 Å². The largest absolute Gasteiger partial charge is 0.459 e. The Bertz CT molecular complexity index is 697. The Hall–Kier alpha value is -2.08. The van der Waals surface area contributed by atoms with Gasteiger partial charge in [-0.25, -0.2) is 9.38 Å². The van der Waals surface area contributed by atoms with E-state index in [1.807, 2.05) is 20.8 Å². The molecule has 2 N–H and O–H groups in total. The molecule has 2 aromatic rings. The third-order valence-electron chi connectivity index (χ3n) is 3.93. The number of nitrogens with zero attached hydrogens (tertiary/aromatic N) is 1. The lowest BCUT2D eigenvalue weighted by molar-refractivity contribution is 0.143. The molecule has 6 heteroatoms. The molecule has 1 aromatic carbocycles. The zero-order valence-corrected chi connectivity index (χ0v) is 15.3. The van der Waals surface area contributed by atoms with E-state index in [-0.39, 0.29) is 5.82 Å². The summed E-state index contributed by atoms with van der Waals surface area (Å²) in [7, 11) is 0. The second kappa shape index (κ2) is 10.0. The van der Waals surface area contributed by atoms with Gasteiger partial charge in [0.1, 0.15) is 23.7 Å². The van der Waals surface area contributed by atoms with Crippen LogP contribution in [0.4, 0.5) is 4.39 Å². The number of aryl methyl sites for hydroxylation is 1. The minimum atomic E-state index is -0.256. The number of unbranched alkanes of at least 4 members (excludes halogenated alkanes) is 1. The number of fused-ring (bicyclic) bond motifs is 1. The van der Waals surface area contributed by atoms with Crippen molar-refractivity contribution < 1.29 is 13.5 Å². The summed E-state index contributed by atoms with van der Waals surface area (Å²) in [6, 6.07) is 4.57. The zero-order chi connectivity index (χ0) is 18.1. The monoisotopic (exact) mass is 349 g/mol. The summed E-state index contributed by atoms with van der Waals surface area (Å²) < 4.78 is 24.5. The maximum Gasteiger partial charge on any atom is 0.191 e. The van der Waals surface area contributed by atoms with Gasteiger partial charge in [0.05, 0.1) is 0 Å². The van der Waals surface area contributed by atoms with Crippen LogP contribution in [0.3, 0.4) is 0 Å². The fraction of sp³-hybridized carbons (Fsp3) is 0.526. The van der Waals surface area contributed by atoms with Gasteiger partial charge >= 0.3 is 0 Å². The number of aliphatic imine (C=N–C) groups is 1. The van der Waals surface area contributed by atoms with Crippen LogP contribution in [0.25, 0.3) is 11.0 Å². The minimum absolute atomic E-state index is 0.256. The van der Waals surface area contributed by atoms with Crippen molar-refractivity contribution in [2.24, 2.45) is 4.99 Å². The number of furan rings is 1. The second-order valence-electron chi connectivity index (χ2n) is 5.82. The fourth-order valence-corrected chi connectivity index (χ4v) is 2.57. The van der Waals surface area contributed by atoms with Crippen molar-refractivity contribution in [2.45, 2.75) is 40.2 Å². The molecule has 0 fully saturated rings. The normalized spacial score (nSPS) is 11.9. The number of nitrogens with one attached hydrogen (secondary N) is 2. The predicted octanol–water partition coefficient (Wildman–Crippen LogP) is 3.75. The summed E-state index contributed by atoms with van der Waals surface area (Å²) in [4.78, 5) is 4.57. The lowest BCUT2D eigenvalue weighted by Gasteiger charge is -2.11. The average Bonchev–Trinajstić information content (AvgIpc) is 2.91. The Labute approximate surface area is 148 Å². The van der Waals surface area contributed by atoms with Crippen molar-refractivity contribution in [3.63, 3.8) is 0 Å². The molecule has 138 valence electrons. The highest BCUT2D eigenvalue weighted by Gasteiger charge is 2.11. The molecule has 2 rings (SSSR count). The van der Waals surface area contributed by atoms with E-state index in [0.717, 1.165) is 61.8 Å². The van der Waals surface area contributed by atoms with Gasteiger partial charge in [-0.3, -0.25) is 0 Å². The van der Waals surface area contributed by atoms with E-state index in [1.54, 1.807) is 6.07 Å². The molecule has 1 heterocycles. The van der Waals surface area contributed by atoms with Crippen molar-refractivity contribution >= 4 is 16.9 Å². The highest BCUT2D eigenvalue weighted by Crippen LogP contribution is 2.26. The van der Waals surface area contributed by atoms with Gasteiger partial charge in [0.2, 0.25) is 0 Å². The van der Waals surface area contributed by atoms with E-state index in [9.17, 15) is 4.39 Å². The first-order valence-electron chi connectivity index (χ1n) is 8.93. The average molecular weight is 349 g/mol. The quantitative estimate of drug-likeness (QED) is 0.411. The molecule has 1 aromatic heterocycles. The van der Waals surface area contributed by atoms with E-state index in [2.05, 4.69) is 15.6 Å². The highest BCUT2D eigenvalue weighted by atomic mass is 19.1. The number of rotatable bonds is 9.